The number of phenols is 1. The molecule has 4 aromatic rings. The average molecular weight is 411 g/mol. The summed E-state index contributed by atoms with van der Waals surface area (Å²) in [5.74, 6) is 0.250. The molecule has 0 saturated carbocycles. The normalized spacial score (nSPS) is 10.9. The first kappa shape index (κ1) is 16.3. The summed E-state index contributed by atoms with van der Waals surface area (Å²) in [7, 11) is 0. The molecule has 0 spiro atoms. The van der Waals surface area contributed by atoms with Gasteiger partial charge in [0.2, 0.25) is 0 Å². The Bertz CT molecular complexity index is 1110. The molecule has 0 aliphatic carbocycles. The van der Waals surface area contributed by atoms with Crippen molar-refractivity contribution < 1.29 is 14.4 Å². The number of rotatable bonds is 4. The van der Waals surface area contributed by atoms with Crippen molar-refractivity contribution in [2.75, 3.05) is 0 Å². The molecule has 0 aliphatic rings. The maximum absolute atomic E-state index is 10.8. The van der Waals surface area contributed by atoms with Gasteiger partial charge in [0.15, 0.2) is 0 Å². The monoisotopic (exact) mass is 412 g/mol. The summed E-state index contributed by atoms with van der Waals surface area (Å²) in [6.45, 7) is 0. The number of oxazole rings is 1. The van der Waals surface area contributed by atoms with Crippen LogP contribution in [-0.4, -0.2) is 30.0 Å². The number of nitro groups is 1. The Labute approximate surface area is 154 Å². The molecule has 7 heteroatoms. The number of hydrogen-bond acceptors (Lipinski definition) is 5. The molecule has 26 heavy (non-hydrogen) atoms. The van der Waals surface area contributed by atoms with Crippen LogP contribution in [0.4, 0.5) is 5.69 Å². The predicted molar refractivity (Wildman–Crippen MR) is 99.2 cm³/mol. The van der Waals surface area contributed by atoms with Gasteiger partial charge in [-0.2, -0.15) is 0 Å². The van der Waals surface area contributed by atoms with E-state index in [0.29, 0.717) is 11.5 Å². The third-order valence-corrected chi connectivity index (χ3v) is 5.81. The van der Waals surface area contributed by atoms with Crippen LogP contribution in [-0.2, 0) is 0 Å². The van der Waals surface area contributed by atoms with Crippen LogP contribution in [0.25, 0.3) is 22.6 Å². The van der Waals surface area contributed by atoms with Gasteiger partial charge in [0.05, 0.1) is 0 Å². The quantitative estimate of drug-likeness (QED) is 0.317. The van der Waals surface area contributed by atoms with Crippen molar-refractivity contribution in [3.8, 4) is 17.2 Å². The van der Waals surface area contributed by atoms with Crippen LogP contribution in [0.2, 0.25) is 0 Å². The minimum absolute atomic E-state index is 0.125. The number of aromatic nitrogens is 1. The number of nitro benzene ring substituents is 1. The fourth-order valence-corrected chi connectivity index (χ4v) is 4.38. The molecule has 0 bridgehead atoms. The van der Waals surface area contributed by atoms with E-state index in [1.807, 2.05) is 48.5 Å². The molecule has 0 aliphatic heterocycles. The van der Waals surface area contributed by atoms with E-state index in [-0.39, 0.29) is 26.4 Å². The van der Waals surface area contributed by atoms with Crippen molar-refractivity contribution in [1.29, 1.82) is 0 Å². The first-order chi connectivity index (χ1) is 12.6. The van der Waals surface area contributed by atoms with Crippen LogP contribution in [0.3, 0.4) is 0 Å². The van der Waals surface area contributed by atoms with E-state index in [4.69, 9.17) is 4.42 Å². The van der Waals surface area contributed by atoms with Gasteiger partial charge in [-0.1, -0.05) is 0 Å². The number of aromatic hydroxyl groups is 1. The zero-order valence-electron chi connectivity index (χ0n) is 13.3. The Morgan fingerprint density at radius 2 is 1.73 bits per heavy atom. The molecule has 0 radical (unpaired) electrons. The van der Waals surface area contributed by atoms with Crippen molar-refractivity contribution in [2.45, 2.75) is 0 Å². The van der Waals surface area contributed by atoms with Gasteiger partial charge in [-0.3, -0.25) is 0 Å². The zero-order valence-corrected chi connectivity index (χ0v) is 15.0. The van der Waals surface area contributed by atoms with Gasteiger partial charge in [0.1, 0.15) is 0 Å². The second kappa shape index (κ2) is 6.63. The Morgan fingerprint density at radius 1 is 1.00 bits per heavy atom. The first-order valence-electron chi connectivity index (χ1n) is 7.71. The molecule has 1 heterocycles. The maximum atomic E-state index is 10.8. The fourth-order valence-electron chi connectivity index (χ4n) is 2.53. The van der Waals surface area contributed by atoms with Crippen LogP contribution in [0.15, 0.2) is 71.1 Å². The summed E-state index contributed by atoms with van der Waals surface area (Å²) in [6, 6.07) is 19.9. The molecule has 0 fully saturated rings. The van der Waals surface area contributed by atoms with Gasteiger partial charge in [0, 0.05) is 0 Å². The van der Waals surface area contributed by atoms with Crippen molar-refractivity contribution in [2.24, 2.45) is 0 Å². The van der Waals surface area contributed by atoms with Gasteiger partial charge in [0.25, 0.3) is 0 Å². The molecule has 3 aromatic carbocycles. The van der Waals surface area contributed by atoms with Gasteiger partial charge in [-0.15, -0.1) is 0 Å². The molecule has 0 unspecified atom stereocenters. The molecule has 0 atom stereocenters. The molecule has 1 aromatic heterocycles. The van der Waals surface area contributed by atoms with Crippen molar-refractivity contribution >= 4 is 40.7 Å². The first-order valence-corrected chi connectivity index (χ1v) is 9.43. The Kier molecular flexibility index (Phi) is 4.16. The summed E-state index contributed by atoms with van der Waals surface area (Å²) in [5, 5.41) is 20.6. The van der Waals surface area contributed by atoms with E-state index < -0.39 is 4.92 Å². The number of nitrogens with zero attached hydrogens (tertiary/aromatic N) is 2. The van der Waals surface area contributed by atoms with Crippen LogP contribution in [0.5, 0.6) is 5.75 Å². The van der Waals surface area contributed by atoms with Crippen LogP contribution < -0.4 is 8.92 Å². The van der Waals surface area contributed by atoms with Crippen molar-refractivity contribution in [3.05, 3.63) is 76.8 Å². The van der Waals surface area contributed by atoms with E-state index in [0.717, 1.165) is 20.0 Å². The number of hydrogen-bond donors (Lipinski definition) is 1. The van der Waals surface area contributed by atoms with Crippen LogP contribution in [0.1, 0.15) is 0 Å². The average Bonchev–Trinajstić information content (AvgIpc) is 3.05. The van der Waals surface area contributed by atoms with Gasteiger partial charge in [-0.05, 0) is 0 Å². The molecule has 6 nitrogen and oxygen atoms in total. The molecule has 0 amide bonds. The summed E-state index contributed by atoms with van der Waals surface area (Å²) in [4.78, 5) is 14.7. The van der Waals surface area contributed by atoms with Gasteiger partial charge >= 0.3 is 154 Å². The Balaban J connectivity index is 1.63. The predicted octanol–water partition coefficient (Wildman–Crippen LogP) is 2.76. The molecule has 0 saturated heterocycles. The standard InChI is InChI=1S/C19H12N2O4Se/c22-17-10-13(7-9-16(17)21(23)24)26-14-6-8-15-18(11-14)25-19(20-15)12-4-2-1-3-5-12/h1-11,22H. The van der Waals surface area contributed by atoms with E-state index in [9.17, 15) is 15.2 Å². The van der Waals surface area contributed by atoms with Gasteiger partial charge in [-0.25, -0.2) is 0 Å². The van der Waals surface area contributed by atoms with Crippen LogP contribution >= 0.6 is 0 Å². The Hall–Kier alpha value is -3.15. The summed E-state index contributed by atoms with van der Waals surface area (Å²) < 4.78 is 7.73. The van der Waals surface area contributed by atoms with E-state index in [1.54, 1.807) is 6.07 Å². The van der Waals surface area contributed by atoms with E-state index in [1.165, 1.54) is 12.1 Å². The number of fused-ring (bicyclic) bond motifs is 1. The van der Waals surface area contributed by atoms with Crippen molar-refractivity contribution in [1.82, 2.24) is 4.98 Å². The number of benzene rings is 3. The minimum atomic E-state index is -0.599. The molecule has 128 valence electrons. The number of phenolic OH excluding ortho intramolecular Hbond substituents is 1. The van der Waals surface area contributed by atoms with Crippen molar-refractivity contribution in [3.63, 3.8) is 0 Å². The summed E-state index contributed by atoms with van der Waals surface area (Å²) >= 11 is -0.125. The third-order valence-electron chi connectivity index (χ3n) is 3.76. The summed E-state index contributed by atoms with van der Waals surface area (Å²) in [5.41, 5.74) is 2.09. The SMILES string of the molecule is O=[N+]([O-])c1ccc([Se]c2ccc3nc(-c4ccccc4)oc3c2)cc1O. The zero-order chi connectivity index (χ0) is 18.1. The molecule has 1 N–H and O–H groups in total. The molecule has 4 rings (SSSR count). The Morgan fingerprint density at radius 3 is 2.46 bits per heavy atom. The second-order valence-corrected chi connectivity index (χ2v) is 7.93. The van der Waals surface area contributed by atoms with Gasteiger partial charge < -0.3 is 0 Å². The topological polar surface area (TPSA) is 89.4 Å². The third kappa shape index (κ3) is 3.18. The fraction of sp³-hybridized carbons (Fsp3) is 0. The van der Waals surface area contributed by atoms with E-state index >= 15 is 0 Å². The molecular weight excluding hydrogens is 399 g/mol. The molecular formula is C19H12N2O4Se. The second-order valence-electron chi connectivity index (χ2n) is 5.52. The summed E-state index contributed by atoms with van der Waals surface area (Å²) in [6.07, 6.45) is 0. The van der Waals surface area contributed by atoms with Crippen LogP contribution in [0, 0.1) is 10.1 Å². The van der Waals surface area contributed by atoms with E-state index in [2.05, 4.69) is 4.98 Å².